The number of rotatable bonds is 3. The van der Waals surface area contributed by atoms with E-state index in [1.165, 1.54) is 10.9 Å². The second-order valence-corrected chi connectivity index (χ2v) is 8.24. The molecule has 1 nitrogen and oxygen atoms in total. The van der Waals surface area contributed by atoms with E-state index in [0.717, 1.165) is 6.42 Å². The molecule has 0 N–H and O–H groups in total. The highest BCUT2D eigenvalue weighted by molar-refractivity contribution is 7.68. The minimum atomic E-state index is -0.203. The first-order valence-corrected chi connectivity index (χ1v) is 8.66. The van der Waals surface area contributed by atoms with E-state index in [0.29, 0.717) is 29.4 Å². The van der Waals surface area contributed by atoms with Gasteiger partial charge in [-0.3, -0.25) is 4.79 Å². The van der Waals surface area contributed by atoms with E-state index in [1.54, 1.807) is 5.57 Å². The summed E-state index contributed by atoms with van der Waals surface area (Å²) in [4.78, 5) is 12.2. The predicted molar refractivity (Wildman–Crippen MR) is 82.4 cm³/mol. The highest BCUT2D eigenvalue weighted by Gasteiger charge is 2.52. The Morgan fingerprint density at radius 3 is 2.53 bits per heavy atom. The summed E-state index contributed by atoms with van der Waals surface area (Å²) < 4.78 is 0. The number of benzene rings is 1. The Morgan fingerprint density at radius 1 is 1.21 bits per heavy atom. The van der Waals surface area contributed by atoms with Gasteiger partial charge >= 0.3 is 0 Å². The lowest BCUT2D eigenvalue weighted by Crippen LogP contribution is -2.26. The quantitative estimate of drug-likeness (QED) is 0.603. The maximum atomic E-state index is 12.2. The largest absolute Gasteiger partial charge is 0.299 e. The number of Topliss-reactive ketones (excluding diaryl/α,β-unsaturated/α-hetero) is 1. The molecule has 2 heterocycles. The summed E-state index contributed by atoms with van der Waals surface area (Å²) in [5, 5.41) is 1.48. The lowest BCUT2D eigenvalue weighted by atomic mass is 9.82. The van der Waals surface area contributed by atoms with Crippen molar-refractivity contribution >= 4 is 19.0 Å². The topological polar surface area (TPSA) is 17.1 Å². The third kappa shape index (κ3) is 1.91. The molecule has 0 amide bonds. The fraction of sp³-hybridized carbons (Fsp3) is 0.471. The molecule has 1 saturated heterocycles. The third-order valence-electron chi connectivity index (χ3n) is 4.88. The molecule has 3 rings (SSSR count). The van der Waals surface area contributed by atoms with Gasteiger partial charge in [0.25, 0.3) is 0 Å². The molecule has 1 unspecified atom stereocenters. The van der Waals surface area contributed by atoms with Gasteiger partial charge in [-0.05, 0) is 25.6 Å². The van der Waals surface area contributed by atoms with Crippen molar-refractivity contribution in [3.8, 4) is 0 Å². The first-order chi connectivity index (χ1) is 9.15. The molecule has 0 spiro atoms. The summed E-state index contributed by atoms with van der Waals surface area (Å²) in [5.41, 5.74) is 4.26. The van der Waals surface area contributed by atoms with Crippen molar-refractivity contribution in [3.05, 3.63) is 41.5 Å². The van der Waals surface area contributed by atoms with Crippen LogP contribution >= 0.6 is 7.92 Å². The standard InChI is InChI=1S/C17H21OP/c1-4-15(18)14-10-16-11(2)12(3)17(14)19(16)13-8-6-5-7-9-13/h5-9,14,16-17H,4,10H2,1-3H3/t14-,16+,17+,19?/m1/s1. The molecule has 2 aliphatic heterocycles. The van der Waals surface area contributed by atoms with Gasteiger partial charge in [0.1, 0.15) is 5.78 Å². The van der Waals surface area contributed by atoms with Crippen molar-refractivity contribution in [3.63, 3.8) is 0 Å². The van der Waals surface area contributed by atoms with E-state index < -0.39 is 0 Å². The van der Waals surface area contributed by atoms with Crippen molar-refractivity contribution < 1.29 is 4.79 Å². The Balaban J connectivity index is 1.99. The van der Waals surface area contributed by atoms with Gasteiger partial charge in [-0.25, -0.2) is 0 Å². The smallest absolute Gasteiger partial charge is 0.136 e. The monoisotopic (exact) mass is 272 g/mol. The van der Waals surface area contributed by atoms with Crippen LogP contribution in [-0.4, -0.2) is 17.1 Å². The molecule has 1 fully saturated rings. The van der Waals surface area contributed by atoms with Crippen molar-refractivity contribution in [2.75, 3.05) is 0 Å². The van der Waals surface area contributed by atoms with Crippen LogP contribution in [0.25, 0.3) is 0 Å². The lowest BCUT2D eigenvalue weighted by Gasteiger charge is -2.23. The Hall–Kier alpha value is -0.940. The molecule has 0 aliphatic carbocycles. The fourth-order valence-electron chi connectivity index (χ4n) is 3.77. The minimum Gasteiger partial charge on any atom is -0.299 e. The van der Waals surface area contributed by atoms with Crippen LogP contribution in [0.5, 0.6) is 0 Å². The van der Waals surface area contributed by atoms with Crippen molar-refractivity contribution in [2.45, 2.75) is 44.9 Å². The molecule has 0 aromatic heterocycles. The van der Waals surface area contributed by atoms with Gasteiger partial charge in [0.15, 0.2) is 0 Å². The molecular weight excluding hydrogens is 251 g/mol. The van der Waals surface area contributed by atoms with Crippen LogP contribution in [0, 0.1) is 5.92 Å². The highest BCUT2D eigenvalue weighted by atomic mass is 31.1. The maximum absolute atomic E-state index is 12.2. The van der Waals surface area contributed by atoms with Crippen LogP contribution in [0.2, 0.25) is 0 Å². The zero-order chi connectivity index (χ0) is 13.6. The van der Waals surface area contributed by atoms with E-state index in [1.807, 2.05) is 6.92 Å². The summed E-state index contributed by atoms with van der Waals surface area (Å²) in [6.45, 7) is 6.54. The molecular formula is C17H21OP. The van der Waals surface area contributed by atoms with Gasteiger partial charge in [-0.1, -0.05) is 56.3 Å². The molecule has 1 aromatic carbocycles. The van der Waals surface area contributed by atoms with Crippen molar-refractivity contribution in [2.24, 2.45) is 5.92 Å². The maximum Gasteiger partial charge on any atom is 0.136 e. The number of fused-ring (bicyclic) bond motifs is 2. The second-order valence-electron chi connectivity index (χ2n) is 5.73. The molecule has 2 bridgehead atoms. The third-order valence-corrected chi connectivity index (χ3v) is 8.39. The van der Waals surface area contributed by atoms with Crippen LogP contribution < -0.4 is 5.30 Å². The first-order valence-electron chi connectivity index (χ1n) is 7.18. The molecule has 0 radical (unpaired) electrons. The predicted octanol–water partition coefficient (Wildman–Crippen LogP) is 3.88. The van der Waals surface area contributed by atoms with Crippen molar-refractivity contribution in [1.29, 1.82) is 0 Å². The Bertz CT molecular complexity index is 531. The number of carbonyl (C=O) groups excluding carboxylic acids is 1. The molecule has 0 saturated carbocycles. The van der Waals surface area contributed by atoms with Crippen LogP contribution in [0.15, 0.2) is 41.5 Å². The minimum absolute atomic E-state index is 0.203. The molecule has 2 heteroatoms. The summed E-state index contributed by atoms with van der Waals surface area (Å²) in [5.74, 6) is 0.771. The summed E-state index contributed by atoms with van der Waals surface area (Å²) in [6.07, 6.45) is 1.79. The van der Waals surface area contributed by atoms with E-state index >= 15 is 0 Å². The number of allylic oxidation sites excluding steroid dienone is 2. The van der Waals surface area contributed by atoms with E-state index in [9.17, 15) is 4.79 Å². The Kier molecular flexibility index (Phi) is 3.35. The van der Waals surface area contributed by atoms with E-state index in [4.69, 9.17) is 0 Å². The summed E-state index contributed by atoms with van der Waals surface area (Å²) >= 11 is 0. The van der Waals surface area contributed by atoms with Crippen LogP contribution in [0.3, 0.4) is 0 Å². The average Bonchev–Trinajstić information content (AvgIpc) is 2.94. The average molecular weight is 272 g/mol. The number of hydrogen-bond donors (Lipinski definition) is 0. The van der Waals surface area contributed by atoms with Gasteiger partial charge in [-0.15, -0.1) is 0 Å². The summed E-state index contributed by atoms with van der Waals surface area (Å²) in [7, 11) is -0.203. The zero-order valence-corrected chi connectivity index (χ0v) is 12.8. The van der Waals surface area contributed by atoms with Crippen LogP contribution in [0.1, 0.15) is 33.6 Å². The molecule has 4 atom stereocenters. The molecule has 19 heavy (non-hydrogen) atoms. The zero-order valence-electron chi connectivity index (χ0n) is 11.9. The normalized spacial score (nSPS) is 33.0. The first kappa shape index (κ1) is 13.1. The van der Waals surface area contributed by atoms with Gasteiger partial charge in [0, 0.05) is 23.7 Å². The van der Waals surface area contributed by atoms with Crippen LogP contribution in [-0.2, 0) is 4.79 Å². The number of ketones is 1. The highest BCUT2D eigenvalue weighted by Crippen LogP contribution is 2.67. The van der Waals surface area contributed by atoms with Gasteiger partial charge in [-0.2, -0.15) is 0 Å². The molecule has 100 valence electrons. The fourth-order valence-corrected chi connectivity index (χ4v) is 7.73. The summed E-state index contributed by atoms with van der Waals surface area (Å²) in [6, 6.07) is 10.9. The van der Waals surface area contributed by atoms with E-state index in [2.05, 4.69) is 44.2 Å². The lowest BCUT2D eigenvalue weighted by molar-refractivity contribution is -0.122. The number of carbonyl (C=O) groups is 1. The Morgan fingerprint density at radius 2 is 1.89 bits per heavy atom. The van der Waals surface area contributed by atoms with Crippen LogP contribution in [0.4, 0.5) is 0 Å². The second kappa shape index (κ2) is 4.87. The van der Waals surface area contributed by atoms with Crippen molar-refractivity contribution in [1.82, 2.24) is 0 Å². The number of hydrogen-bond acceptors (Lipinski definition) is 1. The SMILES string of the molecule is CCC(=O)[C@H]1C[C@H]2C(C)=C(C)[C@@H]1P2c1ccccc1. The van der Waals surface area contributed by atoms with Gasteiger partial charge in [0.2, 0.25) is 0 Å². The van der Waals surface area contributed by atoms with E-state index in [-0.39, 0.29) is 7.92 Å². The molecule has 1 aromatic rings. The van der Waals surface area contributed by atoms with Gasteiger partial charge < -0.3 is 0 Å². The molecule has 2 aliphatic rings. The Labute approximate surface area is 116 Å². The van der Waals surface area contributed by atoms with Gasteiger partial charge in [0.05, 0.1) is 0 Å².